The highest BCUT2D eigenvalue weighted by Crippen LogP contribution is 2.25. The third-order valence-electron chi connectivity index (χ3n) is 2.99. The second-order valence-electron chi connectivity index (χ2n) is 4.58. The average molecular weight is 287 g/mol. The molecular formula is C15H20Cl2O. The fourth-order valence-corrected chi connectivity index (χ4v) is 2.44. The second kappa shape index (κ2) is 8.55. The normalized spacial score (nSPS) is 10.6. The lowest BCUT2D eigenvalue weighted by Gasteiger charge is -2.06. The third-order valence-corrected chi connectivity index (χ3v) is 3.70. The maximum absolute atomic E-state index is 11.8. The van der Waals surface area contributed by atoms with Gasteiger partial charge in [-0.2, -0.15) is 0 Å². The lowest BCUT2D eigenvalue weighted by molar-refractivity contribution is -0.118. The van der Waals surface area contributed by atoms with Crippen molar-refractivity contribution in [2.45, 2.75) is 51.9 Å². The van der Waals surface area contributed by atoms with E-state index in [9.17, 15) is 4.79 Å². The van der Waals surface area contributed by atoms with Crippen LogP contribution in [0.25, 0.3) is 0 Å². The van der Waals surface area contributed by atoms with Crippen LogP contribution in [-0.4, -0.2) is 5.78 Å². The average Bonchev–Trinajstić information content (AvgIpc) is 2.34. The lowest BCUT2D eigenvalue weighted by atomic mass is 10.0. The van der Waals surface area contributed by atoms with E-state index in [1.807, 2.05) is 0 Å². The fourth-order valence-electron chi connectivity index (χ4n) is 1.91. The maximum Gasteiger partial charge on any atom is 0.137 e. The minimum atomic E-state index is 0.224. The van der Waals surface area contributed by atoms with E-state index in [0.29, 0.717) is 22.9 Å². The van der Waals surface area contributed by atoms with E-state index < -0.39 is 0 Å². The van der Waals surface area contributed by atoms with Gasteiger partial charge in [-0.3, -0.25) is 4.79 Å². The molecule has 0 fully saturated rings. The largest absolute Gasteiger partial charge is 0.299 e. The minimum absolute atomic E-state index is 0.224. The topological polar surface area (TPSA) is 17.1 Å². The van der Waals surface area contributed by atoms with Gasteiger partial charge in [0.05, 0.1) is 0 Å². The third kappa shape index (κ3) is 5.41. The van der Waals surface area contributed by atoms with Gasteiger partial charge in [0.1, 0.15) is 5.78 Å². The maximum atomic E-state index is 11.8. The smallest absolute Gasteiger partial charge is 0.137 e. The summed E-state index contributed by atoms with van der Waals surface area (Å²) < 4.78 is 0. The van der Waals surface area contributed by atoms with Crippen LogP contribution in [0.15, 0.2) is 18.2 Å². The van der Waals surface area contributed by atoms with E-state index in [1.54, 1.807) is 18.2 Å². The second-order valence-corrected chi connectivity index (χ2v) is 5.39. The quantitative estimate of drug-likeness (QED) is 0.580. The number of carbonyl (C=O) groups excluding carboxylic acids is 1. The van der Waals surface area contributed by atoms with Crippen LogP contribution in [-0.2, 0) is 11.2 Å². The number of hydrogen-bond acceptors (Lipinski definition) is 1. The van der Waals surface area contributed by atoms with Crippen molar-refractivity contribution in [2.75, 3.05) is 0 Å². The Morgan fingerprint density at radius 1 is 1.06 bits per heavy atom. The van der Waals surface area contributed by atoms with Gasteiger partial charge in [-0.15, -0.1) is 0 Å². The zero-order valence-corrected chi connectivity index (χ0v) is 12.4. The molecule has 0 radical (unpaired) electrons. The molecule has 1 nitrogen and oxygen atoms in total. The van der Waals surface area contributed by atoms with E-state index in [0.717, 1.165) is 18.4 Å². The van der Waals surface area contributed by atoms with Gasteiger partial charge in [0.2, 0.25) is 0 Å². The molecule has 0 heterocycles. The van der Waals surface area contributed by atoms with E-state index in [-0.39, 0.29) is 5.78 Å². The fraction of sp³-hybridized carbons (Fsp3) is 0.533. The van der Waals surface area contributed by atoms with Crippen LogP contribution in [0.4, 0.5) is 0 Å². The first-order valence-electron chi connectivity index (χ1n) is 6.59. The SMILES string of the molecule is CCCCCCCC(=O)Cc1c(Cl)cccc1Cl. The number of rotatable bonds is 8. The summed E-state index contributed by atoms with van der Waals surface area (Å²) in [5, 5.41) is 1.17. The van der Waals surface area contributed by atoms with Gasteiger partial charge in [0, 0.05) is 22.9 Å². The lowest BCUT2D eigenvalue weighted by Crippen LogP contribution is -2.03. The molecule has 0 unspecified atom stereocenters. The molecule has 1 aromatic rings. The van der Waals surface area contributed by atoms with Crippen LogP contribution in [0.3, 0.4) is 0 Å². The highest BCUT2D eigenvalue weighted by molar-refractivity contribution is 6.36. The highest BCUT2D eigenvalue weighted by Gasteiger charge is 2.10. The first-order valence-corrected chi connectivity index (χ1v) is 7.35. The van der Waals surface area contributed by atoms with Crippen LogP contribution in [0.5, 0.6) is 0 Å². The zero-order valence-electron chi connectivity index (χ0n) is 10.8. The summed E-state index contributed by atoms with van der Waals surface area (Å²) in [5.41, 5.74) is 0.763. The summed E-state index contributed by atoms with van der Waals surface area (Å²) >= 11 is 12.1. The Hall–Kier alpha value is -0.530. The Balaban J connectivity index is 2.36. The molecule has 100 valence electrons. The van der Waals surface area contributed by atoms with Crippen LogP contribution in [0, 0.1) is 0 Å². The van der Waals surface area contributed by atoms with Gasteiger partial charge in [0.25, 0.3) is 0 Å². The minimum Gasteiger partial charge on any atom is -0.299 e. The molecule has 1 aromatic carbocycles. The van der Waals surface area contributed by atoms with Gasteiger partial charge in [-0.1, -0.05) is 61.9 Å². The van der Waals surface area contributed by atoms with Crippen molar-refractivity contribution in [3.05, 3.63) is 33.8 Å². The Morgan fingerprint density at radius 2 is 1.67 bits per heavy atom. The highest BCUT2D eigenvalue weighted by atomic mass is 35.5. The number of hydrogen-bond donors (Lipinski definition) is 0. The summed E-state index contributed by atoms with van der Waals surface area (Å²) in [7, 11) is 0. The molecule has 0 spiro atoms. The predicted molar refractivity (Wildman–Crippen MR) is 78.5 cm³/mol. The van der Waals surface area contributed by atoms with Gasteiger partial charge in [0.15, 0.2) is 0 Å². The van der Waals surface area contributed by atoms with Crippen molar-refractivity contribution >= 4 is 29.0 Å². The van der Waals surface area contributed by atoms with Crippen molar-refractivity contribution in [3.63, 3.8) is 0 Å². The number of unbranched alkanes of at least 4 members (excludes halogenated alkanes) is 4. The number of carbonyl (C=O) groups is 1. The summed E-state index contributed by atoms with van der Waals surface area (Å²) in [6, 6.07) is 5.35. The van der Waals surface area contributed by atoms with Gasteiger partial charge < -0.3 is 0 Å². The Morgan fingerprint density at radius 3 is 2.28 bits per heavy atom. The molecule has 0 atom stereocenters. The summed E-state index contributed by atoms with van der Waals surface area (Å²) in [6.07, 6.45) is 6.79. The van der Waals surface area contributed by atoms with Crippen LogP contribution >= 0.6 is 23.2 Å². The van der Waals surface area contributed by atoms with E-state index in [4.69, 9.17) is 23.2 Å². The molecule has 0 saturated carbocycles. The molecule has 18 heavy (non-hydrogen) atoms. The van der Waals surface area contributed by atoms with Crippen LogP contribution in [0.1, 0.15) is 51.0 Å². The van der Waals surface area contributed by atoms with E-state index in [2.05, 4.69) is 6.92 Å². The molecule has 0 amide bonds. The Bertz CT molecular complexity index is 368. The van der Waals surface area contributed by atoms with Crippen molar-refractivity contribution in [3.8, 4) is 0 Å². The van der Waals surface area contributed by atoms with Crippen LogP contribution in [0.2, 0.25) is 10.0 Å². The zero-order chi connectivity index (χ0) is 13.4. The van der Waals surface area contributed by atoms with Gasteiger partial charge in [-0.05, 0) is 24.1 Å². The number of ketones is 1. The van der Waals surface area contributed by atoms with E-state index >= 15 is 0 Å². The Kier molecular flexibility index (Phi) is 7.38. The molecule has 0 N–H and O–H groups in total. The summed E-state index contributed by atoms with van der Waals surface area (Å²) in [5.74, 6) is 0.224. The molecule has 1 rings (SSSR count). The molecule has 0 aliphatic heterocycles. The van der Waals surface area contributed by atoms with Gasteiger partial charge >= 0.3 is 0 Å². The number of Topliss-reactive ketones (excluding diaryl/α,β-unsaturated/α-hetero) is 1. The summed E-state index contributed by atoms with van der Waals surface area (Å²) in [6.45, 7) is 2.19. The molecule has 0 aliphatic rings. The summed E-state index contributed by atoms with van der Waals surface area (Å²) in [4.78, 5) is 11.8. The molecule has 0 aromatic heterocycles. The molecular weight excluding hydrogens is 267 g/mol. The molecule has 0 saturated heterocycles. The number of halogens is 2. The molecule has 0 bridgehead atoms. The first kappa shape index (κ1) is 15.5. The Labute approximate surface area is 119 Å². The van der Waals surface area contributed by atoms with Crippen molar-refractivity contribution < 1.29 is 4.79 Å². The number of benzene rings is 1. The first-order chi connectivity index (χ1) is 8.65. The monoisotopic (exact) mass is 286 g/mol. The van der Waals surface area contributed by atoms with Crippen molar-refractivity contribution in [1.29, 1.82) is 0 Å². The molecule has 0 aliphatic carbocycles. The van der Waals surface area contributed by atoms with Gasteiger partial charge in [-0.25, -0.2) is 0 Å². The van der Waals surface area contributed by atoms with Crippen molar-refractivity contribution in [1.82, 2.24) is 0 Å². The molecule has 3 heteroatoms. The van der Waals surface area contributed by atoms with Crippen molar-refractivity contribution in [2.24, 2.45) is 0 Å². The van der Waals surface area contributed by atoms with E-state index in [1.165, 1.54) is 19.3 Å². The van der Waals surface area contributed by atoms with Crippen LogP contribution < -0.4 is 0 Å². The predicted octanol–water partition coefficient (Wildman–Crippen LogP) is 5.47. The standard InChI is InChI=1S/C15H20Cl2O/c1-2-3-4-5-6-8-12(18)11-13-14(16)9-7-10-15(13)17/h7,9-10H,2-6,8,11H2,1H3.